The second-order valence-electron chi connectivity index (χ2n) is 8.61. The number of amides is 4. The third kappa shape index (κ3) is 5.39. The first-order chi connectivity index (χ1) is 16.7. The fourth-order valence-corrected chi connectivity index (χ4v) is 4.56. The number of halogens is 3. The molecule has 1 N–H and O–H groups in total. The van der Waals surface area contributed by atoms with Crippen molar-refractivity contribution in [3.63, 3.8) is 0 Å². The molecule has 2 heterocycles. The summed E-state index contributed by atoms with van der Waals surface area (Å²) in [7, 11) is 0. The molecule has 1 aromatic carbocycles. The number of urea groups is 1. The fourth-order valence-electron chi connectivity index (χ4n) is 4.56. The van der Waals surface area contributed by atoms with E-state index in [0.717, 1.165) is 49.1 Å². The molecule has 1 saturated heterocycles. The van der Waals surface area contributed by atoms with Gasteiger partial charge in [0.15, 0.2) is 0 Å². The zero-order chi connectivity index (χ0) is 25.2. The first kappa shape index (κ1) is 24.5. The molecular weight excluding hydrogens is 465 g/mol. The van der Waals surface area contributed by atoms with Gasteiger partial charge in [0.2, 0.25) is 5.91 Å². The number of anilines is 1. The van der Waals surface area contributed by atoms with Crippen LogP contribution in [-0.2, 0) is 9.59 Å². The van der Waals surface area contributed by atoms with E-state index in [0.29, 0.717) is 5.56 Å². The molecule has 0 radical (unpaired) electrons. The normalized spacial score (nSPS) is 20.2. The highest BCUT2D eigenvalue weighted by Gasteiger charge is 2.49. The average molecular weight is 490 g/mol. The van der Waals surface area contributed by atoms with Crippen molar-refractivity contribution in [2.45, 2.75) is 63.5 Å². The summed E-state index contributed by atoms with van der Waals surface area (Å²) < 4.78 is 41.3. The van der Waals surface area contributed by atoms with Crippen LogP contribution in [0.4, 0.5) is 23.7 Å². The molecule has 2 unspecified atom stereocenters. The number of ether oxygens (including phenoxy) is 1. The first-order valence-electron chi connectivity index (χ1n) is 11.4. The molecular formula is C24H25F3N4O4. The lowest BCUT2D eigenvalue weighted by Crippen LogP contribution is -2.48. The van der Waals surface area contributed by atoms with Gasteiger partial charge in [-0.25, -0.2) is 9.69 Å². The van der Waals surface area contributed by atoms with Gasteiger partial charge in [-0.05, 0) is 61.7 Å². The summed E-state index contributed by atoms with van der Waals surface area (Å²) >= 11 is 0. The van der Waals surface area contributed by atoms with E-state index in [-0.39, 0.29) is 11.7 Å². The summed E-state index contributed by atoms with van der Waals surface area (Å²) in [6, 6.07) is 4.83. The number of alkyl halides is 3. The van der Waals surface area contributed by atoms with E-state index in [1.807, 2.05) is 0 Å². The number of benzene rings is 1. The molecule has 1 aromatic heterocycles. The van der Waals surface area contributed by atoms with Gasteiger partial charge in [-0.1, -0.05) is 19.3 Å². The number of hydrogen-bond donors (Lipinski definition) is 1. The Labute approximate surface area is 200 Å². The Balaban J connectivity index is 1.62. The summed E-state index contributed by atoms with van der Waals surface area (Å²) in [6.45, 7) is 1.52. The summed E-state index contributed by atoms with van der Waals surface area (Å²) in [5, 5.41) is 3.03. The van der Waals surface area contributed by atoms with Gasteiger partial charge in [-0.3, -0.25) is 19.5 Å². The third-order valence-electron chi connectivity index (χ3n) is 6.24. The van der Waals surface area contributed by atoms with Crippen molar-refractivity contribution in [2.24, 2.45) is 0 Å². The van der Waals surface area contributed by atoms with E-state index >= 15 is 0 Å². The van der Waals surface area contributed by atoms with Crippen molar-refractivity contribution in [1.82, 2.24) is 15.2 Å². The highest BCUT2D eigenvalue weighted by Crippen LogP contribution is 2.34. The van der Waals surface area contributed by atoms with E-state index in [1.54, 1.807) is 12.1 Å². The molecule has 0 bridgehead atoms. The van der Waals surface area contributed by atoms with Crippen molar-refractivity contribution >= 4 is 23.5 Å². The van der Waals surface area contributed by atoms with Crippen LogP contribution in [0, 0.1) is 0 Å². The van der Waals surface area contributed by atoms with E-state index in [1.165, 1.54) is 36.4 Å². The number of aromatic nitrogens is 1. The molecule has 35 heavy (non-hydrogen) atoms. The highest BCUT2D eigenvalue weighted by atomic mass is 19.4. The van der Waals surface area contributed by atoms with Crippen LogP contribution in [0.15, 0.2) is 48.8 Å². The molecule has 1 saturated carbocycles. The minimum absolute atomic E-state index is 0.0124. The molecule has 186 valence electrons. The van der Waals surface area contributed by atoms with E-state index in [9.17, 15) is 27.6 Å². The van der Waals surface area contributed by atoms with Gasteiger partial charge in [-0.15, -0.1) is 13.2 Å². The summed E-state index contributed by atoms with van der Waals surface area (Å²) in [5.41, 5.74) is 0.571. The predicted octanol–water partition coefficient (Wildman–Crippen LogP) is 4.33. The molecule has 2 fully saturated rings. The topological polar surface area (TPSA) is 91.8 Å². The molecule has 11 heteroatoms. The smallest absolute Gasteiger partial charge is 0.406 e. The van der Waals surface area contributed by atoms with Gasteiger partial charge in [-0.2, -0.15) is 0 Å². The zero-order valence-electron chi connectivity index (χ0n) is 19.0. The maximum absolute atomic E-state index is 13.5. The lowest BCUT2D eigenvalue weighted by molar-refractivity contribution is -0.274. The molecule has 2 aliphatic rings. The molecule has 1 aliphatic carbocycles. The quantitative estimate of drug-likeness (QED) is 0.609. The molecule has 4 rings (SSSR count). The monoisotopic (exact) mass is 490 g/mol. The van der Waals surface area contributed by atoms with Crippen LogP contribution < -0.4 is 15.0 Å². The first-order valence-corrected chi connectivity index (χ1v) is 11.4. The van der Waals surface area contributed by atoms with Crippen LogP contribution in [0.3, 0.4) is 0 Å². The Morgan fingerprint density at radius 1 is 1.06 bits per heavy atom. The Bertz CT molecular complexity index is 1070. The van der Waals surface area contributed by atoms with Crippen LogP contribution in [0.2, 0.25) is 0 Å². The zero-order valence-corrected chi connectivity index (χ0v) is 19.0. The van der Waals surface area contributed by atoms with Crippen LogP contribution in [0.5, 0.6) is 5.75 Å². The summed E-state index contributed by atoms with van der Waals surface area (Å²) in [5.74, 6) is -1.47. The molecule has 4 amide bonds. The van der Waals surface area contributed by atoms with Crippen LogP contribution in [-0.4, -0.2) is 46.2 Å². The van der Waals surface area contributed by atoms with Gasteiger partial charge >= 0.3 is 12.4 Å². The van der Waals surface area contributed by atoms with Crippen LogP contribution in [0.25, 0.3) is 0 Å². The number of pyridine rings is 1. The number of nitrogens with one attached hydrogen (secondary N) is 1. The Morgan fingerprint density at radius 3 is 2.29 bits per heavy atom. The Hall–Kier alpha value is -3.63. The number of imide groups is 1. The van der Waals surface area contributed by atoms with Gasteiger partial charge in [0.1, 0.15) is 17.8 Å². The average Bonchev–Trinajstić information content (AvgIpc) is 3.04. The number of carbonyl (C=O) groups is 3. The fraction of sp³-hybridized carbons (Fsp3) is 0.417. The van der Waals surface area contributed by atoms with Crippen molar-refractivity contribution in [2.75, 3.05) is 4.90 Å². The maximum atomic E-state index is 13.5. The highest BCUT2D eigenvalue weighted by molar-refractivity contribution is 6.22. The summed E-state index contributed by atoms with van der Waals surface area (Å²) in [6.07, 6.45) is 2.94. The molecule has 2 aromatic rings. The number of nitrogens with zero attached hydrogens (tertiary/aromatic N) is 3. The lowest BCUT2D eigenvalue weighted by Gasteiger charge is -2.31. The van der Waals surface area contributed by atoms with Crippen molar-refractivity contribution in [3.8, 4) is 5.75 Å². The van der Waals surface area contributed by atoms with E-state index in [4.69, 9.17) is 0 Å². The van der Waals surface area contributed by atoms with Gasteiger partial charge in [0, 0.05) is 18.4 Å². The van der Waals surface area contributed by atoms with Gasteiger partial charge in [0.05, 0.1) is 5.69 Å². The number of hydrogen-bond acceptors (Lipinski definition) is 5. The van der Waals surface area contributed by atoms with E-state index in [2.05, 4.69) is 15.0 Å². The van der Waals surface area contributed by atoms with Gasteiger partial charge in [0.25, 0.3) is 5.91 Å². The second kappa shape index (κ2) is 9.93. The van der Waals surface area contributed by atoms with Crippen LogP contribution in [0.1, 0.15) is 50.6 Å². The lowest BCUT2D eigenvalue weighted by atomic mass is 9.94. The number of carbonyl (C=O) groups excluding carboxylic acids is 3. The standard InChI is InChI=1S/C24H25F3N4O4/c1-15-22(33)31(18-7-9-19(10-8-18)35-24(25,26)27)23(34)30(15)20(16-11-13-28-14-12-16)21(32)29-17-5-3-2-4-6-17/h7-15,17,20H,2-6H2,1H3,(H,29,32). The summed E-state index contributed by atoms with van der Waals surface area (Å²) in [4.78, 5) is 46.1. The predicted molar refractivity (Wildman–Crippen MR) is 119 cm³/mol. The Kier molecular flexibility index (Phi) is 6.95. The van der Waals surface area contributed by atoms with Gasteiger partial charge < -0.3 is 10.1 Å². The van der Waals surface area contributed by atoms with Crippen LogP contribution >= 0.6 is 0 Å². The third-order valence-corrected chi connectivity index (χ3v) is 6.24. The maximum Gasteiger partial charge on any atom is 0.573 e. The SMILES string of the molecule is CC1C(=O)N(c2ccc(OC(F)(F)F)cc2)C(=O)N1C(C(=O)NC1CCCCC1)c1ccncc1. The minimum atomic E-state index is -4.87. The second-order valence-corrected chi connectivity index (χ2v) is 8.61. The molecule has 0 spiro atoms. The molecule has 2 atom stereocenters. The Morgan fingerprint density at radius 2 is 1.69 bits per heavy atom. The van der Waals surface area contributed by atoms with Crippen molar-refractivity contribution in [3.05, 3.63) is 54.4 Å². The largest absolute Gasteiger partial charge is 0.573 e. The van der Waals surface area contributed by atoms with Crippen molar-refractivity contribution < 1.29 is 32.3 Å². The van der Waals surface area contributed by atoms with Crippen molar-refractivity contribution in [1.29, 1.82) is 0 Å². The van der Waals surface area contributed by atoms with E-state index < -0.39 is 42.0 Å². The number of rotatable bonds is 6. The minimum Gasteiger partial charge on any atom is -0.406 e. The molecule has 1 aliphatic heterocycles. The molecule has 8 nitrogen and oxygen atoms in total.